The lowest BCUT2D eigenvalue weighted by Crippen LogP contribution is -2.70. The average molecular weight is 757 g/mol. The number of benzene rings is 5. The number of carbonyl (C=O) groups excluding carboxylic acids is 4. The van der Waals surface area contributed by atoms with Gasteiger partial charge in [0.15, 0.2) is 18.0 Å². The molecule has 0 radical (unpaired) electrons. The van der Waals surface area contributed by atoms with Gasteiger partial charge in [-0.15, -0.1) is 4.48 Å². The van der Waals surface area contributed by atoms with Gasteiger partial charge in [0.2, 0.25) is 0 Å². The molecule has 0 aliphatic carbocycles. The Labute approximate surface area is 326 Å². The van der Waals surface area contributed by atoms with Crippen molar-refractivity contribution in [3.8, 4) is 0 Å². The molecular formula is C44H46N5O7+. The number of nitrogens with one attached hydrogen (secondary N) is 1. The van der Waals surface area contributed by atoms with Crippen LogP contribution in [0.5, 0.6) is 0 Å². The second kappa shape index (κ2) is 20.2. The molecule has 0 aliphatic rings. The van der Waals surface area contributed by atoms with Crippen LogP contribution >= 0.6 is 0 Å². The number of aliphatic hydroxyl groups is 1. The molecule has 0 aliphatic heterocycles. The third-order valence-corrected chi connectivity index (χ3v) is 9.40. The number of aliphatic hydroxyl groups excluding tert-OH is 1. The average Bonchev–Trinajstić information content (AvgIpc) is 3.23. The maximum absolute atomic E-state index is 16.1. The van der Waals surface area contributed by atoms with Gasteiger partial charge in [0.25, 0.3) is 5.91 Å². The number of alkyl carbamates (subject to hydrolysis) is 1. The highest BCUT2D eigenvalue weighted by atomic mass is 16.6. The Balaban J connectivity index is 1.74. The van der Waals surface area contributed by atoms with Gasteiger partial charge >= 0.3 is 18.1 Å². The summed E-state index contributed by atoms with van der Waals surface area (Å²) in [6.45, 7) is -1.17. The lowest BCUT2D eigenvalue weighted by molar-refractivity contribution is -0.834. The van der Waals surface area contributed by atoms with Gasteiger partial charge in [-0.2, -0.15) is 4.79 Å². The van der Waals surface area contributed by atoms with E-state index in [0.717, 1.165) is 0 Å². The minimum atomic E-state index is -1.68. The van der Waals surface area contributed by atoms with E-state index in [-0.39, 0.29) is 38.6 Å². The first kappa shape index (κ1) is 40.6. The highest BCUT2D eigenvalue weighted by Gasteiger charge is 2.63. The summed E-state index contributed by atoms with van der Waals surface area (Å²) in [5.74, 6) is -3.13. The lowest BCUT2D eigenvalue weighted by atomic mass is 9.86. The molecule has 0 bridgehead atoms. The maximum atomic E-state index is 16.1. The molecule has 56 heavy (non-hydrogen) atoms. The quantitative estimate of drug-likeness (QED) is 0.0400. The molecule has 0 aromatic heterocycles. The Morgan fingerprint density at radius 3 is 1.55 bits per heavy atom. The number of hydrogen-bond donors (Lipinski definition) is 4. The Morgan fingerprint density at radius 2 is 1.09 bits per heavy atom. The minimum Gasteiger partial charge on any atom is -0.444 e. The highest BCUT2D eigenvalue weighted by Crippen LogP contribution is 2.42. The largest absolute Gasteiger partial charge is 0.525 e. The van der Waals surface area contributed by atoms with E-state index in [2.05, 4.69) is 10.3 Å². The molecule has 5 aromatic carbocycles. The Morgan fingerprint density at radius 1 is 0.643 bits per heavy atom. The van der Waals surface area contributed by atoms with Gasteiger partial charge in [-0.05, 0) is 28.7 Å². The minimum absolute atomic E-state index is 0.0216. The highest BCUT2D eigenvalue weighted by molar-refractivity contribution is 5.98. The van der Waals surface area contributed by atoms with E-state index in [4.69, 9.17) is 20.9 Å². The third kappa shape index (κ3) is 10.1. The predicted molar refractivity (Wildman–Crippen MR) is 211 cm³/mol. The molecule has 12 nitrogen and oxygen atoms in total. The van der Waals surface area contributed by atoms with Crippen LogP contribution in [0.15, 0.2) is 157 Å². The zero-order chi connectivity index (χ0) is 39.8. The van der Waals surface area contributed by atoms with E-state index in [1.54, 1.807) is 140 Å². The van der Waals surface area contributed by atoms with Crippen molar-refractivity contribution in [2.45, 2.75) is 44.1 Å². The smallest absolute Gasteiger partial charge is 0.444 e. The molecule has 4 amide bonds. The van der Waals surface area contributed by atoms with Gasteiger partial charge in [0.1, 0.15) is 25.7 Å². The van der Waals surface area contributed by atoms with E-state index in [1.807, 2.05) is 12.1 Å². The molecular weight excluding hydrogens is 711 g/mol. The summed E-state index contributed by atoms with van der Waals surface area (Å²) in [4.78, 5) is 63.7. The molecule has 0 spiro atoms. The van der Waals surface area contributed by atoms with Gasteiger partial charge in [0, 0.05) is 18.5 Å². The summed E-state index contributed by atoms with van der Waals surface area (Å²) >= 11 is 0. The van der Waals surface area contributed by atoms with Crippen molar-refractivity contribution in [3.05, 3.63) is 179 Å². The second-order valence-electron chi connectivity index (χ2n) is 13.0. The number of nitrogens with zero attached hydrogens (tertiary/aromatic N) is 2. The summed E-state index contributed by atoms with van der Waals surface area (Å²) < 4.78 is 10.1. The first-order chi connectivity index (χ1) is 27.2. The van der Waals surface area contributed by atoms with Gasteiger partial charge < -0.3 is 26.0 Å². The Bertz CT molecular complexity index is 2010. The summed E-state index contributed by atoms with van der Waals surface area (Å²) in [7, 11) is 0. The van der Waals surface area contributed by atoms with Crippen LogP contribution in [0.25, 0.3) is 0 Å². The first-order valence-electron chi connectivity index (χ1n) is 18.2. The summed E-state index contributed by atoms with van der Waals surface area (Å²) in [6, 6.07) is 40.8. The third-order valence-electron chi connectivity index (χ3n) is 9.40. The van der Waals surface area contributed by atoms with Crippen LogP contribution in [0.3, 0.4) is 0 Å². The summed E-state index contributed by atoms with van der Waals surface area (Å²) in [5.41, 5.74) is 14.0. The molecule has 1 unspecified atom stereocenters. The number of rotatable bonds is 16. The molecule has 12 heteroatoms. The van der Waals surface area contributed by atoms with Gasteiger partial charge in [-0.3, -0.25) is 15.1 Å². The molecule has 0 heterocycles. The summed E-state index contributed by atoms with van der Waals surface area (Å²) in [6.07, 6.45) is -2.33. The number of imide groups is 2. The number of guanidine groups is 1. The van der Waals surface area contributed by atoms with Gasteiger partial charge in [0.05, 0.1) is 0 Å². The van der Waals surface area contributed by atoms with Crippen LogP contribution in [-0.4, -0.2) is 58.7 Å². The normalized spacial score (nSPS) is 13.0. The van der Waals surface area contributed by atoms with Crippen molar-refractivity contribution in [1.82, 2.24) is 5.32 Å². The van der Waals surface area contributed by atoms with Crippen LogP contribution in [-0.2, 0) is 32.3 Å². The molecule has 5 aromatic rings. The number of nitrogens with two attached hydrogens (primary N) is 2. The molecule has 3 atom stereocenters. The molecule has 288 valence electrons. The van der Waals surface area contributed by atoms with E-state index in [1.165, 1.54) is 0 Å². The number of quaternary nitrogens is 1. The van der Waals surface area contributed by atoms with Crippen LogP contribution in [0.4, 0.5) is 9.59 Å². The van der Waals surface area contributed by atoms with Crippen LogP contribution in [0.2, 0.25) is 0 Å². The van der Waals surface area contributed by atoms with Crippen molar-refractivity contribution in [1.29, 1.82) is 0 Å². The second-order valence-corrected chi connectivity index (χ2v) is 13.0. The standard InChI is InChI=1S/C44H45N5O7/c45-42(46)47-28-16-27-37(40(51)48-43(53)55-30-32-17-6-1-7-18-32)49(38(29-50)34-21-10-3-11-22-34,44(54)56-31-33-19-8-2-9-20-33)41(52)39(35-23-12-4-13-24-35)36-25-14-5-15-26-36/h1-15,17-26,37-39,50H,16,27-31H2,(H4-,45,46,47,48,51,53)/p+1/t37-,38?,49-/m0/s1. The van der Waals surface area contributed by atoms with E-state index in [0.29, 0.717) is 27.8 Å². The molecule has 0 saturated heterocycles. The molecule has 6 N–H and O–H groups in total. The zero-order valence-electron chi connectivity index (χ0n) is 30.9. The van der Waals surface area contributed by atoms with E-state index < -0.39 is 53.1 Å². The number of hydrogen-bond acceptors (Lipinski definition) is 8. The monoisotopic (exact) mass is 756 g/mol. The molecule has 0 fully saturated rings. The topological polar surface area (TPSA) is 183 Å². The van der Waals surface area contributed by atoms with Gasteiger partial charge in [-0.25, -0.2) is 9.59 Å². The number of carbonyl (C=O) groups is 4. The fourth-order valence-electron chi connectivity index (χ4n) is 6.78. The lowest BCUT2D eigenvalue weighted by Gasteiger charge is -2.44. The number of amides is 4. The van der Waals surface area contributed by atoms with Crippen molar-refractivity contribution in [2.75, 3.05) is 13.2 Å². The van der Waals surface area contributed by atoms with Crippen molar-refractivity contribution >= 4 is 30.0 Å². The van der Waals surface area contributed by atoms with E-state index in [9.17, 15) is 14.7 Å². The Kier molecular flexibility index (Phi) is 14.6. The zero-order valence-corrected chi connectivity index (χ0v) is 30.9. The van der Waals surface area contributed by atoms with Crippen LogP contribution < -0.4 is 16.8 Å². The fourth-order valence-corrected chi connectivity index (χ4v) is 6.78. The number of aliphatic imine (C=N–C) groups is 1. The fraction of sp³-hybridized carbons (Fsp3) is 0.205. The molecule has 5 rings (SSSR count). The maximum Gasteiger partial charge on any atom is 0.525 e. The van der Waals surface area contributed by atoms with Crippen LogP contribution in [0, 0.1) is 0 Å². The molecule has 0 saturated carbocycles. The first-order valence-corrected chi connectivity index (χ1v) is 18.2. The van der Waals surface area contributed by atoms with Crippen molar-refractivity contribution in [3.63, 3.8) is 0 Å². The summed E-state index contributed by atoms with van der Waals surface area (Å²) in [5, 5.41) is 13.7. The van der Waals surface area contributed by atoms with Crippen molar-refractivity contribution in [2.24, 2.45) is 16.5 Å². The van der Waals surface area contributed by atoms with Crippen molar-refractivity contribution < 1.29 is 38.2 Å². The van der Waals surface area contributed by atoms with Crippen LogP contribution in [0.1, 0.15) is 52.6 Å². The van der Waals surface area contributed by atoms with E-state index >= 15 is 9.59 Å². The predicted octanol–water partition coefficient (Wildman–Crippen LogP) is 6.11. The van der Waals surface area contributed by atoms with Gasteiger partial charge in [-0.1, -0.05) is 152 Å². The number of ether oxygens (including phenoxy) is 2. The Hall–Kier alpha value is -6.63. The SMILES string of the molecule is NC(N)=NCCC[C@@H](C(=O)NC(=O)OCc1ccccc1)[N@@+](C(=O)OCc1ccccc1)(C(=O)C(c1ccccc1)c1ccccc1)C(CO)c1ccccc1.